The van der Waals surface area contributed by atoms with Crippen molar-refractivity contribution in [3.8, 4) is 17.3 Å². The molecule has 8 heteroatoms. The van der Waals surface area contributed by atoms with Gasteiger partial charge in [0.2, 0.25) is 0 Å². The number of aromatic nitrogens is 3. The Balaban J connectivity index is 1.30. The third-order valence-electron chi connectivity index (χ3n) is 7.07. The molecule has 2 aromatic carbocycles. The maximum absolute atomic E-state index is 13.6. The van der Waals surface area contributed by atoms with Crippen LogP contribution in [-0.4, -0.2) is 32.9 Å². The summed E-state index contributed by atoms with van der Waals surface area (Å²) in [7, 11) is 1.92. The second-order valence-electron chi connectivity index (χ2n) is 9.59. The van der Waals surface area contributed by atoms with Crippen LogP contribution >= 0.6 is 0 Å². The summed E-state index contributed by atoms with van der Waals surface area (Å²) in [5, 5.41) is 19.9. The van der Waals surface area contributed by atoms with Gasteiger partial charge in [0, 0.05) is 43.8 Å². The highest BCUT2D eigenvalue weighted by atomic mass is 16.2. The summed E-state index contributed by atoms with van der Waals surface area (Å²) < 4.78 is 1.84. The van der Waals surface area contributed by atoms with Crippen molar-refractivity contribution in [2.24, 2.45) is 7.05 Å². The highest BCUT2D eigenvalue weighted by Gasteiger charge is 2.30. The van der Waals surface area contributed by atoms with E-state index in [2.05, 4.69) is 26.8 Å². The fourth-order valence-corrected chi connectivity index (χ4v) is 5.04. The molecule has 1 aliphatic rings. The molecule has 0 radical (unpaired) electrons. The Labute approximate surface area is 222 Å². The summed E-state index contributed by atoms with van der Waals surface area (Å²) >= 11 is 0. The van der Waals surface area contributed by atoms with Crippen LogP contribution < -0.4 is 15.5 Å². The number of nitrogens with one attached hydrogen (secondary N) is 2. The van der Waals surface area contributed by atoms with E-state index in [0.717, 1.165) is 54.0 Å². The number of amides is 2. The van der Waals surface area contributed by atoms with Crippen LogP contribution in [0.15, 0.2) is 85.2 Å². The molecule has 2 amide bonds. The first-order chi connectivity index (χ1) is 18.6. The Morgan fingerprint density at radius 3 is 2.42 bits per heavy atom. The predicted molar refractivity (Wildman–Crippen MR) is 148 cm³/mol. The first-order valence-corrected chi connectivity index (χ1v) is 12.9. The third-order valence-corrected chi connectivity index (χ3v) is 7.07. The smallest absolute Gasteiger partial charge is 0.322 e. The zero-order valence-electron chi connectivity index (χ0n) is 21.4. The summed E-state index contributed by atoms with van der Waals surface area (Å²) in [5.74, 6) is 0.774. The molecule has 2 aromatic heterocycles. The Morgan fingerprint density at radius 2 is 1.79 bits per heavy atom. The molecule has 1 saturated carbocycles. The van der Waals surface area contributed by atoms with E-state index in [0.29, 0.717) is 12.1 Å². The lowest BCUT2D eigenvalue weighted by Crippen LogP contribution is -2.48. The summed E-state index contributed by atoms with van der Waals surface area (Å²) in [6.07, 6.45) is 6.95. The minimum Gasteiger partial charge on any atom is -0.367 e. The summed E-state index contributed by atoms with van der Waals surface area (Å²) in [6, 6.07) is 26.1. The summed E-state index contributed by atoms with van der Waals surface area (Å²) in [4.78, 5) is 19.8. The van der Waals surface area contributed by atoms with Crippen molar-refractivity contribution in [3.63, 3.8) is 0 Å². The van der Waals surface area contributed by atoms with E-state index in [-0.39, 0.29) is 18.1 Å². The van der Waals surface area contributed by atoms with Crippen molar-refractivity contribution in [2.75, 3.05) is 10.2 Å². The van der Waals surface area contributed by atoms with Gasteiger partial charge in [0.25, 0.3) is 0 Å². The fraction of sp³-hybridized carbons (Fsp3) is 0.267. The van der Waals surface area contributed by atoms with Crippen molar-refractivity contribution in [1.29, 1.82) is 5.26 Å². The number of nitriles is 1. The summed E-state index contributed by atoms with van der Waals surface area (Å²) in [6.45, 7) is 0.477. The number of hydrogen-bond acceptors (Lipinski definition) is 5. The average molecular weight is 506 g/mol. The molecule has 38 heavy (non-hydrogen) atoms. The van der Waals surface area contributed by atoms with Gasteiger partial charge in [-0.15, -0.1) is 0 Å². The van der Waals surface area contributed by atoms with Crippen LogP contribution in [0.5, 0.6) is 0 Å². The molecule has 192 valence electrons. The Hall–Kier alpha value is -4.64. The highest BCUT2D eigenvalue weighted by Crippen LogP contribution is 2.31. The van der Waals surface area contributed by atoms with Gasteiger partial charge in [-0.2, -0.15) is 10.4 Å². The molecule has 2 heterocycles. The fourth-order valence-electron chi connectivity index (χ4n) is 5.04. The molecule has 8 nitrogen and oxygen atoms in total. The SMILES string of the molecule is Cn1nccc1-c1ccc(N(C(=O)NCc2ccccc2)[C@H]2CC[C@H](Nc3ccc(C#N)cn3)CC2)cc1. The highest BCUT2D eigenvalue weighted by molar-refractivity contribution is 5.93. The topological polar surface area (TPSA) is 98.9 Å². The minimum atomic E-state index is -0.0905. The zero-order valence-corrected chi connectivity index (χ0v) is 21.4. The van der Waals surface area contributed by atoms with Crippen molar-refractivity contribution < 1.29 is 4.79 Å². The molecular formula is C30H31N7O. The molecule has 1 fully saturated rings. The standard InChI is InChI=1S/C30H31N7O/c1-36-28(17-18-34-36)24-8-12-26(13-9-24)37(30(38)33-20-22-5-3-2-4-6-22)27-14-10-25(11-15-27)35-29-16-7-23(19-31)21-32-29/h2-9,12-13,16-18,21,25,27H,10-11,14-15,20H2,1H3,(H,32,35)(H,33,38)/t25-,27-. The average Bonchev–Trinajstić information content (AvgIpc) is 3.40. The molecule has 4 aromatic rings. The van der Waals surface area contributed by atoms with Crippen LogP contribution in [0.3, 0.4) is 0 Å². The van der Waals surface area contributed by atoms with Gasteiger partial charge in [-0.1, -0.05) is 42.5 Å². The van der Waals surface area contributed by atoms with Crippen molar-refractivity contribution in [2.45, 2.75) is 44.3 Å². The normalized spacial score (nSPS) is 16.8. The summed E-state index contributed by atoms with van der Waals surface area (Å²) in [5.41, 5.74) is 4.58. The molecule has 0 spiro atoms. The molecular weight excluding hydrogens is 474 g/mol. The van der Waals surface area contributed by atoms with E-state index in [1.54, 1.807) is 18.5 Å². The first kappa shape index (κ1) is 25.0. The second-order valence-corrected chi connectivity index (χ2v) is 9.59. The van der Waals surface area contributed by atoms with Gasteiger partial charge in [-0.3, -0.25) is 9.58 Å². The van der Waals surface area contributed by atoms with Crippen molar-refractivity contribution in [3.05, 3.63) is 96.3 Å². The zero-order chi connectivity index (χ0) is 26.3. The number of carbonyl (C=O) groups excluding carboxylic acids is 1. The van der Waals surface area contributed by atoms with Crippen LogP contribution in [0.25, 0.3) is 11.3 Å². The maximum Gasteiger partial charge on any atom is 0.322 e. The van der Waals surface area contributed by atoms with Gasteiger partial charge in [-0.05, 0) is 67.1 Å². The third kappa shape index (κ3) is 5.84. The van der Waals surface area contributed by atoms with E-state index >= 15 is 0 Å². The predicted octanol–water partition coefficient (Wildman–Crippen LogP) is 5.49. The number of pyridine rings is 1. The Bertz CT molecular complexity index is 1380. The van der Waals surface area contributed by atoms with E-state index in [1.165, 1.54) is 0 Å². The molecule has 0 aliphatic heterocycles. The lowest BCUT2D eigenvalue weighted by molar-refractivity contribution is 0.240. The minimum absolute atomic E-state index is 0.0836. The molecule has 5 rings (SSSR count). The van der Waals surface area contributed by atoms with Crippen LogP contribution in [0.1, 0.15) is 36.8 Å². The Morgan fingerprint density at radius 1 is 1.03 bits per heavy atom. The first-order valence-electron chi connectivity index (χ1n) is 12.9. The monoisotopic (exact) mass is 505 g/mol. The number of hydrogen-bond donors (Lipinski definition) is 2. The second kappa shape index (κ2) is 11.6. The van der Waals surface area contributed by atoms with E-state index in [1.807, 2.05) is 83.4 Å². The van der Waals surface area contributed by atoms with Crippen LogP contribution in [-0.2, 0) is 13.6 Å². The van der Waals surface area contributed by atoms with Gasteiger partial charge in [-0.25, -0.2) is 9.78 Å². The van der Waals surface area contributed by atoms with E-state index in [4.69, 9.17) is 5.26 Å². The molecule has 0 saturated heterocycles. The number of rotatable bonds is 7. The number of anilines is 2. The molecule has 2 N–H and O–H groups in total. The van der Waals surface area contributed by atoms with Crippen LogP contribution in [0, 0.1) is 11.3 Å². The van der Waals surface area contributed by atoms with Crippen molar-refractivity contribution >= 4 is 17.5 Å². The van der Waals surface area contributed by atoms with Crippen LogP contribution in [0.2, 0.25) is 0 Å². The van der Waals surface area contributed by atoms with Gasteiger partial charge < -0.3 is 10.6 Å². The number of carbonyl (C=O) groups is 1. The molecule has 0 unspecified atom stereocenters. The number of urea groups is 1. The quantitative estimate of drug-likeness (QED) is 0.346. The van der Waals surface area contributed by atoms with Gasteiger partial charge in [0.1, 0.15) is 11.9 Å². The van der Waals surface area contributed by atoms with Gasteiger partial charge in [0.05, 0.1) is 11.3 Å². The molecule has 0 bridgehead atoms. The maximum atomic E-state index is 13.6. The van der Waals surface area contributed by atoms with Gasteiger partial charge in [0.15, 0.2) is 0 Å². The van der Waals surface area contributed by atoms with Gasteiger partial charge >= 0.3 is 6.03 Å². The lowest BCUT2D eigenvalue weighted by atomic mass is 9.89. The van der Waals surface area contributed by atoms with E-state index in [9.17, 15) is 4.79 Å². The van der Waals surface area contributed by atoms with E-state index < -0.39 is 0 Å². The number of aryl methyl sites for hydroxylation is 1. The Kier molecular flexibility index (Phi) is 7.65. The van der Waals surface area contributed by atoms with Crippen LogP contribution in [0.4, 0.5) is 16.3 Å². The largest absolute Gasteiger partial charge is 0.367 e. The van der Waals surface area contributed by atoms with Crippen molar-refractivity contribution in [1.82, 2.24) is 20.1 Å². The molecule has 0 atom stereocenters. The molecule has 1 aliphatic carbocycles. The lowest BCUT2D eigenvalue weighted by Gasteiger charge is -2.37. The number of nitrogens with zero attached hydrogens (tertiary/aromatic N) is 5. The number of benzene rings is 2.